The van der Waals surface area contributed by atoms with Crippen LogP contribution in [0.1, 0.15) is 26.2 Å². The van der Waals surface area contributed by atoms with Crippen LogP contribution in [0.3, 0.4) is 0 Å². The van der Waals surface area contributed by atoms with Crippen LogP contribution in [0.25, 0.3) is 0 Å². The van der Waals surface area contributed by atoms with Gasteiger partial charge in [0.05, 0.1) is 0 Å². The number of rotatable bonds is 1. The average molecular weight is 215 g/mol. The molecule has 0 saturated heterocycles. The van der Waals surface area contributed by atoms with E-state index in [0.29, 0.717) is 5.92 Å². The number of hydrogen-bond acceptors (Lipinski definition) is 2. The number of nitrogens with two attached hydrogens (primary N) is 1. The Morgan fingerprint density at radius 3 is 3.19 bits per heavy atom. The van der Waals surface area contributed by atoms with Gasteiger partial charge in [-0.05, 0) is 30.9 Å². The standard InChI is InChI=1S/C14H17NO/c1-2-9-3-5-13-11(7-9)12-8-10(15)4-6-14(12)16-13/h3-5,8-9,14H,2,6-7,15H2,1H3. The van der Waals surface area contributed by atoms with E-state index in [2.05, 4.69) is 25.2 Å². The van der Waals surface area contributed by atoms with Crippen LogP contribution in [0.5, 0.6) is 0 Å². The van der Waals surface area contributed by atoms with Crippen LogP contribution in [0, 0.1) is 5.92 Å². The molecule has 3 rings (SSSR count). The lowest BCUT2D eigenvalue weighted by atomic mass is 9.85. The van der Waals surface area contributed by atoms with Gasteiger partial charge in [0.1, 0.15) is 11.9 Å². The van der Waals surface area contributed by atoms with Crippen molar-refractivity contribution in [1.82, 2.24) is 0 Å². The highest BCUT2D eigenvalue weighted by Crippen LogP contribution is 2.42. The largest absolute Gasteiger partial charge is 0.485 e. The van der Waals surface area contributed by atoms with E-state index in [4.69, 9.17) is 10.5 Å². The van der Waals surface area contributed by atoms with Crippen molar-refractivity contribution in [1.29, 1.82) is 0 Å². The summed E-state index contributed by atoms with van der Waals surface area (Å²) in [4.78, 5) is 0. The first kappa shape index (κ1) is 9.76. The zero-order chi connectivity index (χ0) is 11.1. The van der Waals surface area contributed by atoms with Crippen molar-refractivity contribution in [3.8, 4) is 0 Å². The van der Waals surface area contributed by atoms with Gasteiger partial charge in [0, 0.05) is 23.3 Å². The highest BCUT2D eigenvalue weighted by Gasteiger charge is 2.33. The van der Waals surface area contributed by atoms with E-state index in [-0.39, 0.29) is 6.10 Å². The van der Waals surface area contributed by atoms with E-state index in [0.717, 1.165) is 24.3 Å². The van der Waals surface area contributed by atoms with Gasteiger partial charge in [-0.25, -0.2) is 0 Å². The molecule has 2 atom stereocenters. The molecule has 2 N–H and O–H groups in total. The van der Waals surface area contributed by atoms with Crippen molar-refractivity contribution in [2.75, 3.05) is 0 Å². The van der Waals surface area contributed by atoms with Gasteiger partial charge in [-0.1, -0.05) is 19.1 Å². The minimum Gasteiger partial charge on any atom is -0.485 e. The summed E-state index contributed by atoms with van der Waals surface area (Å²) in [6.07, 6.45) is 12.0. The first-order valence-corrected chi connectivity index (χ1v) is 6.03. The molecule has 16 heavy (non-hydrogen) atoms. The molecule has 0 aromatic heterocycles. The predicted octanol–water partition coefficient (Wildman–Crippen LogP) is 2.80. The molecule has 2 nitrogen and oxygen atoms in total. The molecule has 84 valence electrons. The van der Waals surface area contributed by atoms with Crippen LogP contribution in [0.2, 0.25) is 0 Å². The van der Waals surface area contributed by atoms with Gasteiger partial charge in [-0.3, -0.25) is 0 Å². The lowest BCUT2D eigenvalue weighted by molar-refractivity contribution is 0.177. The third-order valence-corrected chi connectivity index (χ3v) is 3.66. The van der Waals surface area contributed by atoms with Gasteiger partial charge in [0.25, 0.3) is 0 Å². The highest BCUT2D eigenvalue weighted by atomic mass is 16.5. The maximum atomic E-state index is 5.93. The molecule has 2 heteroatoms. The van der Waals surface area contributed by atoms with Gasteiger partial charge in [0.15, 0.2) is 0 Å². The number of ether oxygens (including phenoxy) is 1. The molecule has 0 aromatic rings. The quantitative estimate of drug-likeness (QED) is 0.730. The molecule has 1 aliphatic heterocycles. The van der Waals surface area contributed by atoms with E-state index in [1.165, 1.54) is 17.6 Å². The van der Waals surface area contributed by atoms with Crippen molar-refractivity contribution in [3.05, 3.63) is 46.9 Å². The lowest BCUT2D eigenvalue weighted by Crippen LogP contribution is -2.14. The first-order chi connectivity index (χ1) is 7.78. The van der Waals surface area contributed by atoms with E-state index in [9.17, 15) is 0 Å². The Kier molecular flexibility index (Phi) is 2.16. The third kappa shape index (κ3) is 1.41. The summed E-state index contributed by atoms with van der Waals surface area (Å²) in [5.74, 6) is 1.73. The predicted molar refractivity (Wildman–Crippen MR) is 64.4 cm³/mol. The average Bonchev–Trinajstić information content (AvgIpc) is 2.66. The summed E-state index contributed by atoms with van der Waals surface area (Å²) in [6.45, 7) is 2.23. The fourth-order valence-electron chi connectivity index (χ4n) is 2.65. The van der Waals surface area contributed by atoms with E-state index < -0.39 is 0 Å². The Balaban J connectivity index is 1.95. The van der Waals surface area contributed by atoms with Crippen LogP contribution < -0.4 is 5.73 Å². The summed E-state index contributed by atoms with van der Waals surface area (Å²) >= 11 is 0. The fraction of sp³-hybridized carbons (Fsp3) is 0.429. The van der Waals surface area contributed by atoms with Gasteiger partial charge in [0.2, 0.25) is 0 Å². The molecule has 0 fully saturated rings. The molecule has 2 aliphatic carbocycles. The Morgan fingerprint density at radius 2 is 2.38 bits per heavy atom. The topological polar surface area (TPSA) is 35.2 Å². The van der Waals surface area contributed by atoms with Crippen LogP contribution in [-0.2, 0) is 4.74 Å². The summed E-state index contributed by atoms with van der Waals surface area (Å²) in [7, 11) is 0. The van der Waals surface area contributed by atoms with E-state index >= 15 is 0 Å². The molecule has 0 amide bonds. The molecule has 3 aliphatic rings. The second-order valence-electron chi connectivity index (χ2n) is 4.72. The SMILES string of the molecule is CCC1C=CC2=C(C1)C1=CC(N)=CCC1O2. The Labute approximate surface area is 96.2 Å². The lowest BCUT2D eigenvalue weighted by Gasteiger charge is -2.18. The van der Waals surface area contributed by atoms with Crippen LogP contribution in [0.15, 0.2) is 46.9 Å². The molecular weight excluding hydrogens is 198 g/mol. The van der Waals surface area contributed by atoms with Crippen LogP contribution in [0.4, 0.5) is 0 Å². The van der Waals surface area contributed by atoms with Crippen molar-refractivity contribution in [3.63, 3.8) is 0 Å². The molecule has 1 heterocycles. The summed E-state index contributed by atoms with van der Waals surface area (Å²) < 4.78 is 5.93. The summed E-state index contributed by atoms with van der Waals surface area (Å²) in [5.41, 5.74) is 9.45. The smallest absolute Gasteiger partial charge is 0.128 e. The summed E-state index contributed by atoms with van der Waals surface area (Å²) in [6, 6.07) is 0. The minimum absolute atomic E-state index is 0.220. The monoisotopic (exact) mass is 215 g/mol. The molecular formula is C14H17NO. The number of hydrogen-bond donors (Lipinski definition) is 1. The Hall–Kier alpha value is -1.44. The maximum absolute atomic E-state index is 5.93. The first-order valence-electron chi connectivity index (χ1n) is 6.03. The van der Waals surface area contributed by atoms with E-state index in [1.807, 2.05) is 6.08 Å². The van der Waals surface area contributed by atoms with Gasteiger partial charge in [-0.15, -0.1) is 0 Å². The minimum atomic E-state index is 0.220. The second-order valence-corrected chi connectivity index (χ2v) is 4.72. The van der Waals surface area contributed by atoms with Crippen molar-refractivity contribution in [2.45, 2.75) is 32.3 Å². The van der Waals surface area contributed by atoms with Crippen LogP contribution in [-0.4, -0.2) is 6.10 Å². The second kappa shape index (κ2) is 3.55. The molecule has 0 aromatic carbocycles. The van der Waals surface area contributed by atoms with Crippen molar-refractivity contribution >= 4 is 0 Å². The van der Waals surface area contributed by atoms with Gasteiger partial charge >= 0.3 is 0 Å². The fourth-order valence-corrected chi connectivity index (χ4v) is 2.65. The zero-order valence-electron chi connectivity index (χ0n) is 9.57. The normalized spacial score (nSPS) is 31.6. The van der Waals surface area contributed by atoms with Gasteiger partial charge in [-0.2, -0.15) is 0 Å². The Bertz CT molecular complexity index is 440. The van der Waals surface area contributed by atoms with E-state index in [1.54, 1.807) is 0 Å². The molecule has 0 radical (unpaired) electrons. The zero-order valence-corrected chi connectivity index (χ0v) is 9.57. The maximum Gasteiger partial charge on any atom is 0.128 e. The number of allylic oxidation sites excluding steroid dienone is 3. The van der Waals surface area contributed by atoms with Crippen molar-refractivity contribution in [2.24, 2.45) is 11.7 Å². The number of fused-ring (bicyclic) bond motifs is 2. The molecule has 0 bridgehead atoms. The highest BCUT2D eigenvalue weighted by molar-refractivity contribution is 5.51. The van der Waals surface area contributed by atoms with Crippen LogP contribution >= 0.6 is 0 Å². The Morgan fingerprint density at radius 1 is 1.50 bits per heavy atom. The summed E-state index contributed by atoms with van der Waals surface area (Å²) in [5, 5.41) is 0. The molecule has 0 spiro atoms. The van der Waals surface area contributed by atoms with Gasteiger partial charge < -0.3 is 10.5 Å². The third-order valence-electron chi connectivity index (χ3n) is 3.66. The molecule has 2 unspecified atom stereocenters. The molecule has 0 saturated carbocycles. The van der Waals surface area contributed by atoms with Crippen molar-refractivity contribution < 1.29 is 4.74 Å².